The van der Waals surface area contributed by atoms with Gasteiger partial charge in [-0.15, -0.1) is 0 Å². The number of amides is 1. The maximum absolute atomic E-state index is 12.2. The molecule has 0 aliphatic heterocycles. The van der Waals surface area contributed by atoms with E-state index in [4.69, 9.17) is 5.11 Å². The van der Waals surface area contributed by atoms with Crippen LogP contribution in [0.3, 0.4) is 0 Å². The number of carbonyl (C=O) groups is 1. The average Bonchev–Trinajstić information content (AvgIpc) is 2.42. The largest absolute Gasteiger partial charge is 0.396 e. The molecule has 5 nitrogen and oxygen atoms in total. The third kappa shape index (κ3) is 4.87. The van der Waals surface area contributed by atoms with Crippen LogP contribution in [-0.2, 0) is 0 Å². The fourth-order valence-corrected chi connectivity index (χ4v) is 1.76. The van der Waals surface area contributed by atoms with Crippen LogP contribution in [0.2, 0.25) is 0 Å². The zero-order valence-corrected chi connectivity index (χ0v) is 12.0. The van der Waals surface area contributed by atoms with Gasteiger partial charge in [-0.05, 0) is 31.4 Å². The number of carbonyl (C=O) groups excluding carboxylic acids is 1. The third-order valence-corrected chi connectivity index (χ3v) is 2.95. The summed E-state index contributed by atoms with van der Waals surface area (Å²) in [5.41, 5.74) is 0.656. The van der Waals surface area contributed by atoms with Crippen molar-refractivity contribution < 1.29 is 9.90 Å². The van der Waals surface area contributed by atoms with Crippen LogP contribution < -0.4 is 4.90 Å². The summed E-state index contributed by atoms with van der Waals surface area (Å²) in [4.78, 5) is 20.0. The van der Waals surface area contributed by atoms with Crippen molar-refractivity contribution in [1.29, 1.82) is 0 Å². The van der Waals surface area contributed by atoms with Gasteiger partial charge in [0.25, 0.3) is 5.91 Å². The molecule has 0 radical (unpaired) electrons. The number of aromatic nitrogens is 1. The van der Waals surface area contributed by atoms with Gasteiger partial charge in [0.1, 0.15) is 5.82 Å². The summed E-state index contributed by atoms with van der Waals surface area (Å²) < 4.78 is 0. The van der Waals surface area contributed by atoms with Crippen molar-refractivity contribution in [3.05, 3.63) is 23.9 Å². The van der Waals surface area contributed by atoms with E-state index in [0.29, 0.717) is 12.1 Å². The maximum atomic E-state index is 12.2. The van der Waals surface area contributed by atoms with Crippen molar-refractivity contribution >= 4 is 11.7 Å². The number of aliphatic hydroxyl groups excluding tert-OH is 1. The van der Waals surface area contributed by atoms with Gasteiger partial charge in [0.2, 0.25) is 0 Å². The Morgan fingerprint density at radius 3 is 2.63 bits per heavy atom. The molecule has 0 saturated carbocycles. The van der Waals surface area contributed by atoms with Gasteiger partial charge < -0.3 is 14.9 Å². The van der Waals surface area contributed by atoms with E-state index >= 15 is 0 Å². The number of anilines is 1. The van der Waals surface area contributed by atoms with Crippen LogP contribution in [0.25, 0.3) is 0 Å². The van der Waals surface area contributed by atoms with Crippen LogP contribution in [0, 0.1) is 0 Å². The van der Waals surface area contributed by atoms with E-state index in [0.717, 1.165) is 25.1 Å². The minimum atomic E-state index is 0.00879. The molecular weight excluding hydrogens is 242 g/mol. The topological polar surface area (TPSA) is 56.7 Å². The normalized spacial score (nSPS) is 10.3. The van der Waals surface area contributed by atoms with Gasteiger partial charge in [-0.3, -0.25) is 4.79 Å². The van der Waals surface area contributed by atoms with E-state index in [-0.39, 0.29) is 12.5 Å². The van der Waals surface area contributed by atoms with Gasteiger partial charge >= 0.3 is 0 Å². The third-order valence-electron chi connectivity index (χ3n) is 2.95. The standard InChI is InChI=1S/C14H23N3O2/c1-16(2)13-11-12(7-8-15-13)14(19)17(3)9-5-4-6-10-18/h7-8,11,18H,4-6,9-10H2,1-3H3. The second-order valence-corrected chi connectivity index (χ2v) is 4.81. The predicted octanol–water partition coefficient (Wildman–Crippen LogP) is 1.38. The molecular formula is C14H23N3O2. The summed E-state index contributed by atoms with van der Waals surface area (Å²) in [6.07, 6.45) is 4.30. The highest BCUT2D eigenvalue weighted by molar-refractivity contribution is 5.94. The SMILES string of the molecule is CN(CCCCCO)C(=O)c1ccnc(N(C)C)c1. The molecule has 0 atom stereocenters. The minimum absolute atomic E-state index is 0.00879. The number of aliphatic hydroxyl groups is 1. The van der Waals surface area contributed by atoms with Gasteiger partial charge in [-0.25, -0.2) is 4.98 Å². The molecule has 0 aromatic carbocycles. The van der Waals surface area contributed by atoms with Crippen molar-refractivity contribution in [3.8, 4) is 0 Å². The molecule has 0 spiro atoms. The number of unbranched alkanes of at least 4 members (excludes halogenated alkanes) is 2. The second-order valence-electron chi connectivity index (χ2n) is 4.81. The highest BCUT2D eigenvalue weighted by Crippen LogP contribution is 2.11. The quantitative estimate of drug-likeness (QED) is 0.757. The second kappa shape index (κ2) is 7.74. The van der Waals surface area contributed by atoms with E-state index in [1.165, 1.54) is 0 Å². The Morgan fingerprint density at radius 1 is 1.26 bits per heavy atom. The number of hydrogen-bond donors (Lipinski definition) is 1. The molecule has 1 amide bonds. The lowest BCUT2D eigenvalue weighted by atomic mass is 10.2. The van der Waals surface area contributed by atoms with Crippen molar-refractivity contribution in [2.75, 3.05) is 39.2 Å². The Bertz CT molecular complexity index is 407. The first-order chi connectivity index (χ1) is 9.06. The van der Waals surface area contributed by atoms with E-state index in [1.54, 1.807) is 30.3 Å². The molecule has 0 saturated heterocycles. The Balaban J connectivity index is 2.58. The molecule has 19 heavy (non-hydrogen) atoms. The van der Waals surface area contributed by atoms with Crippen LogP contribution in [0.5, 0.6) is 0 Å². The first-order valence-electron chi connectivity index (χ1n) is 6.56. The molecule has 0 aliphatic rings. The lowest BCUT2D eigenvalue weighted by molar-refractivity contribution is 0.0792. The number of rotatable bonds is 7. The molecule has 5 heteroatoms. The van der Waals surface area contributed by atoms with Crippen LogP contribution >= 0.6 is 0 Å². The molecule has 0 unspecified atom stereocenters. The van der Waals surface area contributed by atoms with E-state index < -0.39 is 0 Å². The molecule has 1 rings (SSSR count). The molecule has 1 aromatic heterocycles. The fourth-order valence-electron chi connectivity index (χ4n) is 1.76. The van der Waals surface area contributed by atoms with Crippen LogP contribution in [0.15, 0.2) is 18.3 Å². The van der Waals surface area contributed by atoms with Crippen LogP contribution in [-0.4, -0.2) is 55.2 Å². The zero-order chi connectivity index (χ0) is 14.3. The molecule has 0 fully saturated rings. The molecule has 1 heterocycles. The van der Waals surface area contributed by atoms with Crippen molar-refractivity contribution in [2.45, 2.75) is 19.3 Å². The van der Waals surface area contributed by atoms with Gasteiger partial charge in [-0.1, -0.05) is 0 Å². The highest BCUT2D eigenvalue weighted by atomic mass is 16.2. The van der Waals surface area contributed by atoms with Gasteiger partial charge in [-0.2, -0.15) is 0 Å². The van der Waals surface area contributed by atoms with E-state index in [9.17, 15) is 4.79 Å². The van der Waals surface area contributed by atoms with Crippen molar-refractivity contribution in [3.63, 3.8) is 0 Å². The summed E-state index contributed by atoms with van der Waals surface area (Å²) in [7, 11) is 5.60. The summed E-state index contributed by atoms with van der Waals surface area (Å²) in [5, 5.41) is 8.71. The number of pyridine rings is 1. The lowest BCUT2D eigenvalue weighted by Gasteiger charge is -2.18. The zero-order valence-electron chi connectivity index (χ0n) is 12.0. The molecule has 1 N–H and O–H groups in total. The Morgan fingerprint density at radius 2 is 2.00 bits per heavy atom. The van der Waals surface area contributed by atoms with Crippen LogP contribution in [0.1, 0.15) is 29.6 Å². The first-order valence-corrected chi connectivity index (χ1v) is 6.56. The number of nitrogens with zero attached hydrogens (tertiary/aromatic N) is 3. The summed E-state index contributed by atoms with van der Waals surface area (Å²) in [6.45, 7) is 0.923. The maximum Gasteiger partial charge on any atom is 0.253 e. The van der Waals surface area contributed by atoms with Gasteiger partial charge in [0.15, 0.2) is 0 Å². The van der Waals surface area contributed by atoms with Crippen LogP contribution in [0.4, 0.5) is 5.82 Å². The lowest BCUT2D eigenvalue weighted by Crippen LogP contribution is -2.28. The Hall–Kier alpha value is -1.62. The van der Waals surface area contributed by atoms with Crippen molar-refractivity contribution in [2.24, 2.45) is 0 Å². The summed E-state index contributed by atoms with van der Waals surface area (Å²) in [5.74, 6) is 0.786. The van der Waals surface area contributed by atoms with Gasteiger partial charge in [0.05, 0.1) is 0 Å². The van der Waals surface area contributed by atoms with E-state index in [1.807, 2.05) is 19.0 Å². The summed E-state index contributed by atoms with van der Waals surface area (Å²) >= 11 is 0. The van der Waals surface area contributed by atoms with Crippen molar-refractivity contribution in [1.82, 2.24) is 9.88 Å². The first kappa shape index (κ1) is 15.4. The monoisotopic (exact) mass is 265 g/mol. The summed E-state index contributed by atoms with van der Waals surface area (Å²) in [6, 6.07) is 3.53. The predicted molar refractivity (Wildman–Crippen MR) is 76.5 cm³/mol. The number of hydrogen-bond acceptors (Lipinski definition) is 4. The minimum Gasteiger partial charge on any atom is -0.396 e. The molecule has 0 aliphatic carbocycles. The molecule has 1 aromatic rings. The molecule has 0 bridgehead atoms. The Labute approximate surface area is 114 Å². The smallest absolute Gasteiger partial charge is 0.253 e. The molecule has 106 valence electrons. The van der Waals surface area contributed by atoms with Gasteiger partial charge in [0, 0.05) is 46.1 Å². The highest BCUT2D eigenvalue weighted by Gasteiger charge is 2.12. The fraction of sp³-hybridized carbons (Fsp3) is 0.571. The van der Waals surface area contributed by atoms with E-state index in [2.05, 4.69) is 4.98 Å². The average molecular weight is 265 g/mol. The Kier molecular flexibility index (Phi) is 6.29.